The third-order valence-corrected chi connectivity index (χ3v) is 5.83. The molecule has 0 aliphatic heterocycles. The van der Waals surface area contributed by atoms with E-state index in [1.54, 1.807) is 6.20 Å². The maximum absolute atomic E-state index is 12.4. The molecule has 1 atom stereocenters. The molecule has 30 heavy (non-hydrogen) atoms. The number of aliphatic hydroxyl groups is 1. The van der Waals surface area contributed by atoms with E-state index < -0.39 is 0 Å². The number of aliphatic hydroxyl groups excluding tert-OH is 1. The molecule has 1 saturated carbocycles. The number of fused-ring (bicyclic) bond motifs is 1. The van der Waals surface area contributed by atoms with Crippen molar-refractivity contribution >= 4 is 22.8 Å². The first-order valence-corrected chi connectivity index (χ1v) is 10.6. The summed E-state index contributed by atoms with van der Waals surface area (Å²) >= 11 is 0. The average Bonchev–Trinajstić information content (AvgIpc) is 3.22. The SMILES string of the molecule is CCC(CO)NC(=O)[C@H]1CC[C@H](Nc2nccc(-n3ncc4ccccc43)n2)CC1. The highest BCUT2D eigenvalue weighted by Crippen LogP contribution is 2.26. The van der Waals surface area contributed by atoms with Crippen molar-refractivity contribution in [3.8, 4) is 5.82 Å². The lowest BCUT2D eigenvalue weighted by Crippen LogP contribution is -2.42. The van der Waals surface area contributed by atoms with E-state index in [1.807, 2.05) is 48.1 Å². The largest absolute Gasteiger partial charge is 0.394 e. The van der Waals surface area contributed by atoms with Crippen molar-refractivity contribution < 1.29 is 9.90 Å². The number of carbonyl (C=O) groups is 1. The molecule has 2 heterocycles. The summed E-state index contributed by atoms with van der Waals surface area (Å²) in [7, 11) is 0. The minimum Gasteiger partial charge on any atom is -0.394 e. The van der Waals surface area contributed by atoms with Gasteiger partial charge in [-0.25, -0.2) is 9.67 Å². The lowest BCUT2D eigenvalue weighted by molar-refractivity contribution is -0.127. The first-order valence-electron chi connectivity index (χ1n) is 10.6. The smallest absolute Gasteiger partial charge is 0.224 e. The number of para-hydroxylation sites is 1. The fraction of sp³-hybridized carbons (Fsp3) is 0.455. The highest BCUT2D eigenvalue weighted by molar-refractivity contribution is 5.80. The van der Waals surface area contributed by atoms with Crippen molar-refractivity contribution in [2.45, 2.75) is 51.1 Å². The van der Waals surface area contributed by atoms with Gasteiger partial charge in [-0.2, -0.15) is 10.1 Å². The van der Waals surface area contributed by atoms with E-state index in [0.717, 1.165) is 48.8 Å². The van der Waals surface area contributed by atoms with Crippen LogP contribution in [0.15, 0.2) is 42.7 Å². The van der Waals surface area contributed by atoms with Crippen LogP contribution in [-0.2, 0) is 4.79 Å². The van der Waals surface area contributed by atoms with Crippen molar-refractivity contribution in [1.82, 2.24) is 25.1 Å². The summed E-state index contributed by atoms with van der Waals surface area (Å²) in [5.41, 5.74) is 1.00. The first-order chi connectivity index (χ1) is 14.7. The molecule has 0 bridgehead atoms. The van der Waals surface area contributed by atoms with Crippen molar-refractivity contribution in [3.05, 3.63) is 42.7 Å². The number of aromatic nitrogens is 4. The Balaban J connectivity index is 1.37. The maximum atomic E-state index is 12.4. The van der Waals surface area contributed by atoms with Gasteiger partial charge in [-0.1, -0.05) is 25.1 Å². The van der Waals surface area contributed by atoms with Crippen LogP contribution in [0.5, 0.6) is 0 Å². The quantitative estimate of drug-likeness (QED) is 0.555. The van der Waals surface area contributed by atoms with Crippen molar-refractivity contribution in [3.63, 3.8) is 0 Å². The molecule has 8 nitrogen and oxygen atoms in total. The van der Waals surface area contributed by atoms with Gasteiger partial charge in [0.15, 0.2) is 5.82 Å². The second kappa shape index (κ2) is 9.21. The Labute approximate surface area is 175 Å². The third-order valence-electron chi connectivity index (χ3n) is 5.83. The number of hydrogen-bond donors (Lipinski definition) is 3. The van der Waals surface area contributed by atoms with Gasteiger partial charge in [0, 0.05) is 29.6 Å². The van der Waals surface area contributed by atoms with E-state index in [4.69, 9.17) is 0 Å². The number of hydrogen-bond acceptors (Lipinski definition) is 6. The monoisotopic (exact) mass is 408 g/mol. The molecular weight excluding hydrogens is 380 g/mol. The summed E-state index contributed by atoms with van der Waals surface area (Å²) < 4.78 is 1.81. The molecule has 2 aromatic heterocycles. The summed E-state index contributed by atoms with van der Waals surface area (Å²) in [4.78, 5) is 21.4. The summed E-state index contributed by atoms with van der Waals surface area (Å²) in [6.45, 7) is 1.94. The number of amides is 1. The van der Waals surface area contributed by atoms with Crippen LogP contribution < -0.4 is 10.6 Å². The van der Waals surface area contributed by atoms with Crippen LogP contribution >= 0.6 is 0 Å². The van der Waals surface area contributed by atoms with Gasteiger partial charge >= 0.3 is 0 Å². The maximum Gasteiger partial charge on any atom is 0.224 e. The Morgan fingerprint density at radius 1 is 1.23 bits per heavy atom. The Kier molecular flexibility index (Phi) is 6.23. The lowest BCUT2D eigenvalue weighted by Gasteiger charge is -2.29. The van der Waals surface area contributed by atoms with E-state index in [-0.39, 0.29) is 30.5 Å². The normalized spacial score (nSPS) is 20.1. The number of nitrogens with one attached hydrogen (secondary N) is 2. The number of rotatable bonds is 7. The fourth-order valence-electron chi connectivity index (χ4n) is 3.97. The molecule has 1 aromatic carbocycles. The van der Waals surface area contributed by atoms with E-state index in [2.05, 4.69) is 25.7 Å². The molecule has 0 radical (unpaired) electrons. The zero-order valence-electron chi connectivity index (χ0n) is 17.2. The number of anilines is 1. The number of nitrogens with zero attached hydrogens (tertiary/aromatic N) is 4. The molecule has 4 rings (SSSR count). The van der Waals surface area contributed by atoms with Gasteiger partial charge in [-0.3, -0.25) is 4.79 Å². The Morgan fingerprint density at radius 2 is 2.03 bits per heavy atom. The van der Waals surface area contributed by atoms with Crippen molar-refractivity contribution in [1.29, 1.82) is 0 Å². The highest BCUT2D eigenvalue weighted by atomic mass is 16.3. The summed E-state index contributed by atoms with van der Waals surface area (Å²) in [5, 5.41) is 21.2. The van der Waals surface area contributed by atoms with Crippen LogP contribution in [0.4, 0.5) is 5.95 Å². The van der Waals surface area contributed by atoms with Crippen LogP contribution in [-0.4, -0.2) is 49.5 Å². The molecule has 1 aliphatic rings. The summed E-state index contributed by atoms with van der Waals surface area (Å²) in [6.07, 6.45) is 7.69. The fourth-order valence-corrected chi connectivity index (χ4v) is 3.97. The Bertz CT molecular complexity index is 992. The van der Waals surface area contributed by atoms with Gasteiger partial charge in [0.2, 0.25) is 11.9 Å². The van der Waals surface area contributed by atoms with Gasteiger partial charge in [0.25, 0.3) is 0 Å². The minimum atomic E-state index is -0.150. The number of benzene rings is 1. The Hall–Kier alpha value is -3.00. The molecule has 0 spiro atoms. The summed E-state index contributed by atoms with van der Waals surface area (Å²) in [5.74, 6) is 1.35. The molecule has 1 unspecified atom stereocenters. The minimum absolute atomic E-state index is 0.00587. The van der Waals surface area contributed by atoms with Crippen LogP contribution in [0.2, 0.25) is 0 Å². The van der Waals surface area contributed by atoms with Gasteiger partial charge in [-0.05, 0) is 38.2 Å². The van der Waals surface area contributed by atoms with Crippen molar-refractivity contribution in [2.75, 3.05) is 11.9 Å². The molecule has 1 fully saturated rings. The van der Waals surface area contributed by atoms with Crippen LogP contribution in [0.1, 0.15) is 39.0 Å². The highest BCUT2D eigenvalue weighted by Gasteiger charge is 2.27. The zero-order valence-corrected chi connectivity index (χ0v) is 17.2. The molecule has 8 heteroatoms. The van der Waals surface area contributed by atoms with E-state index in [0.29, 0.717) is 5.95 Å². The molecule has 3 N–H and O–H groups in total. The molecular formula is C22H28N6O2. The van der Waals surface area contributed by atoms with Crippen molar-refractivity contribution in [2.24, 2.45) is 5.92 Å². The van der Waals surface area contributed by atoms with Gasteiger partial charge in [0.1, 0.15) is 0 Å². The standard InChI is InChI=1S/C22H28N6O2/c1-2-17(14-29)25-21(30)15-7-9-18(10-8-15)26-22-23-12-11-20(27-22)28-19-6-4-3-5-16(19)13-24-28/h3-6,11-13,15,17-18,29H,2,7-10,14H2,1H3,(H,25,30)(H,23,26,27)/t15-,17?,18-. The van der Waals surface area contributed by atoms with Gasteiger partial charge in [0.05, 0.1) is 24.4 Å². The molecule has 158 valence electrons. The Morgan fingerprint density at radius 3 is 2.80 bits per heavy atom. The second-order valence-electron chi connectivity index (χ2n) is 7.84. The van der Waals surface area contributed by atoms with E-state index >= 15 is 0 Å². The summed E-state index contributed by atoms with van der Waals surface area (Å²) in [6, 6.07) is 9.95. The molecule has 1 amide bonds. The molecule has 1 aliphatic carbocycles. The lowest BCUT2D eigenvalue weighted by atomic mass is 9.85. The predicted octanol–water partition coefficient (Wildman–Crippen LogP) is 2.67. The average molecular weight is 409 g/mol. The van der Waals surface area contributed by atoms with E-state index in [9.17, 15) is 9.90 Å². The third kappa shape index (κ3) is 4.43. The van der Waals surface area contributed by atoms with Crippen LogP contribution in [0.3, 0.4) is 0 Å². The predicted molar refractivity (Wildman–Crippen MR) is 115 cm³/mol. The molecule has 0 saturated heterocycles. The van der Waals surface area contributed by atoms with Gasteiger partial charge < -0.3 is 15.7 Å². The first kappa shape index (κ1) is 20.3. The number of carbonyl (C=O) groups excluding carboxylic acids is 1. The zero-order chi connectivity index (χ0) is 20.9. The second-order valence-corrected chi connectivity index (χ2v) is 7.84. The van der Waals surface area contributed by atoms with Gasteiger partial charge in [-0.15, -0.1) is 0 Å². The van der Waals surface area contributed by atoms with Crippen LogP contribution in [0, 0.1) is 5.92 Å². The van der Waals surface area contributed by atoms with E-state index in [1.165, 1.54) is 0 Å². The van der Waals surface area contributed by atoms with Crippen LogP contribution in [0.25, 0.3) is 16.7 Å². The molecule has 3 aromatic rings. The topological polar surface area (TPSA) is 105 Å².